The first kappa shape index (κ1) is 13.6. The second-order valence-electron chi connectivity index (χ2n) is 5.03. The fraction of sp³-hybridized carbons (Fsp3) is 0.571. The van der Waals surface area contributed by atoms with E-state index in [0.717, 1.165) is 25.8 Å². The minimum absolute atomic E-state index is 0.0616. The number of amides is 1. The van der Waals surface area contributed by atoms with Gasteiger partial charge in [0.05, 0.1) is 5.92 Å². The molecule has 0 aliphatic heterocycles. The lowest BCUT2D eigenvalue weighted by molar-refractivity contribution is -0.142. The number of rotatable bonds is 5. The number of nitrogens with one attached hydrogen (secondary N) is 1. The summed E-state index contributed by atoms with van der Waals surface area (Å²) in [6.45, 7) is 3.18. The SMILES string of the molecule is CCn1cccc1C(=O)NCC1CCCC1C(=O)O. The summed E-state index contributed by atoms with van der Waals surface area (Å²) in [4.78, 5) is 23.1. The second-order valence-corrected chi connectivity index (χ2v) is 5.03. The Morgan fingerprint density at radius 3 is 2.95 bits per heavy atom. The number of carboxylic acid groups (broad SMARTS) is 1. The second kappa shape index (κ2) is 5.91. The summed E-state index contributed by atoms with van der Waals surface area (Å²) >= 11 is 0. The zero-order chi connectivity index (χ0) is 13.8. The Morgan fingerprint density at radius 1 is 1.47 bits per heavy atom. The number of hydrogen-bond donors (Lipinski definition) is 2. The van der Waals surface area contributed by atoms with Gasteiger partial charge in [-0.25, -0.2) is 0 Å². The number of aryl methyl sites for hydroxylation is 1. The third-order valence-corrected chi connectivity index (χ3v) is 3.90. The molecule has 1 fully saturated rings. The van der Waals surface area contributed by atoms with Gasteiger partial charge in [0, 0.05) is 19.3 Å². The van der Waals surface area contributed by atoms with Crippen LogP contribution in [0.25, 0.3) is 0 Å². The van der Waals surface area contributed by atoms with Gasteiger partial charge in [-0.3, -0.25) is 9.59 Å². The van der Waals surface area contributed by atoms with Crippen LogP contribution in [-0.4, -0.2) is 28.1 Å². The van der Waals surface area contributed by atoms with E-state index < -0.39 is 5.97 Å². The molecule has 2 N–H and O–H groups in total. The molecule has 0 saturated heterocycles. The van der Waals surface area contributed by atoms with Gasteiger partial charge in [-0.1, -0.05) is 6.42 Å². The topological polar surface area (TPSA) is 71.3 Å². The van der Waals surface area contributed by atoms with E-state index in [2.05, 4.69) is 5.32 Å². The lowest BCUT2D eigenvalue weighted by Gasteiger charge is -2.16. The van der Waals surface area contributed by atoms with Crippen molar-refractivity contribution >= 4 is 11.9 Å². The molecule has 5 nitrogen and oxygen atoms in total. The van der Waals surface area contributed by atoms with E-state index in [1.54, 1.807) is 6.07 Å². The first-order valence-electron chi connectivity index (χ1n) is 6.79. The average Bonchev–Trinajstić information content (AvgIpc) is 3.04. The van der Waals surface area contributed by atoms with Crippen molar-refractivity contribution in [2.45, 2.75) is 32.7 Å². The van der Waals surface area contributed by atoms with Crippen molar-refractivity contribution in [1.29, 1.82) is 0 Å². The van der Waals surface area contributed by atoms with Crippen LogP contribution < -0.4 is 5.32 Å². The summed E-state index contributed by atoms with van der Waals surface area (Å²) in [7, 11) is 0. The van der Waals surface area contributed by atoms with Crippen molar-refractivity contribution in [2.24, 2.45) is 11.8 Å². The maximum Gasteiger partial charge on any atom is 0.306 e. The molecule has 2 atom stereocenters. The first-order valence-corrected chi connectivity index (χ1v) is 6.79. The minimum atomic E-state index is -0.742. The third kappa shape index (κ3) is 2.97. The van der Waals surface area contributed by atoms with Crippen molar-refractivity contribution in [1.82, 2.24) is 9.88 Å². The summed E-state index contributed by atoms with van der Waals surface area (Å²) in [5, 5.41) is 12.0. The van der Waals surface area contributed by atoms with Crippen LogP contribution in [0.1, 0.15) is 36.7 Å². The van der Waals surface area contributed by atoms with Crippen molar-refractivity contribution in [3.8, 4) is 0 Å². The predicted octanol–water partition coefficient (Wildman–Crippen LogP) is 1.74. The van der Waals surface area contributed by atoms with Crippen LogP contribution in [0, 0.1) is 11.8 Å². The fourth-order valence-corrected chi connectivity index (χ4v) is 2.82. The number of carboxylic acids is 1. The Hall–Kier alpha value is -1.78. The predicted molar refractivity (Wildman–Crippen MR) is 70.9 cm³/mol. The molecule has 0 radical (unpaired) electrons. The molecule has 1 aromatic heterocycles. The highest BCUT2D eigenvalue weighted by Crippen LogP contribution is 2.31. The van der Waals surface area contributed by atoms with Crippen LogP contribution in [0.5, 0.6) is 0 Å². The first-order chi connectivity index (χ1) is 9.13. The normalized spacial score (nSPS) is 22.4. The molecule has 1 amide bonds. The fourth-order valence-electron chi connectivity index (χ4n) is 2.82. The standard InChI is InChI=1S/C14H20N2O3/c1-2-16-8-4-7-12(16)13(17)15-9-10-5-3-6-11(10)14(18)19/h4,7-8,10-11H,2-3,5-6,9H2,1H3,(H,15,17)(H,18,19). The summed E-state index contributed by atoms with van der Waals surface area (Å²) in [5.41, 5.74) is 0.632. The van der Waals surface area contributed by atoms with Gasteiger partial charge in [-0.2, -0.15) is 0 Å². The van der Waals surface area contributed by atoms with Crippen molar-refractivity contribution < 1.29 is 14.7 Å². The highest BCUT2D eigenvalue weighted by Gasteiger charge is 2.32. The molecular weight excluding hydrogens is 244 g/mol. The van der Waals surface area contributed by atoms with Gasteiger partial charge in [0.15, 0.2) is 0 Å². The Morgan fingerprint density at radius 2 is 2.26 bits per heavy atom. The van der Waals surface area contributed by atoms with Gasteiger partial charge in [0.1, 0.15) is 5.69 Å². The number of carbonyl (C=O) groups is 2. The molecule has 1 saturated carbocycles. The minimum Gasteiger partial charge on any atom is -0.481 e. The average molecular weight is 264 g/mol. The highest BCUT2D eigenvalue weighted by molar-refractivity contribution is 5.92. The Kier molecular flexibility index (Phi) is 4.24. The quantitative estimate of drug-likeness (QED) is 0.851. The van der Waals surface area contributed by atoms with Crippen molar-refractivity contribution in [3.63, 3.8) is 0 Å². The van der Waals surface area contributed by atoms with E-state index in [1.807, 2.05) is 23.8 Å². The van der Waals surface area contributed by atoms with Gasteiger partial charge in [0.25, 0.3) is 5.91 Å². The summed E-state index contributed by atoms with van der Waals surface area (Å²) in [6, 6.07) is 3.62. The molecule has 104 valence electrons. The van der Waals surface area contributed by atoms with Gasteiger partial charge in [-0.05, 0) is 37.8 Å². The summed E-state index contributed by atoms with van der Waals surface area (Å²) < 4.78 is 1.87. The van der Waals surface area contributed by atoms with Crippen LogP contribution >= 0.6 is 0 Å². The van der Waals surface area contributed by atoms with Crippen LogP contribution in [-0.2, 0) is 11.3 Å². The Balaban J connectivity index is 1.92. The molecule has 1 aliphatic rings. The Labute approximate surface area is 112 Å². The molecule has 2 rings (SSSR count). The van der Waals surface area contributed by atoms with E-state index in [0.29, 0.717) is 12.2 Å². The molecule has 1 heterocycles. The van der Waals surface area contributed by atoms with E-state index in [4.69, 9.17) is 5.11 Å². The van der Waals surface area contributed by atoms with E-state index in [9.17, 15) is 9.59 Å². The maximum atomic E-state index is 12.0. The van der Waals surface area contributed by atoms with Crippen LogP contribution in [0.2, 0.25) is 0 Å². The molecule has 1 aliphatic carbocycles. The summed E-state index contributed by atoms with van der Waals surface area (Å²) in [6.07, 6.45) is 4.40. The van der Waals surface area contributed by atoms with E-state index in [-0.39, 0.29) is 17.7 Å². The number of aliphatic carboxylic acids is 1. The molecule has 19 heavy (non-hydrogen) atoms. The summed E-state index contributed by atoms with van der Waals surface area (Å²) in [5.74, 6) is -1.11. The monoisotopic (exact) mass is 264 g/mol. The molecular formula is C14H20N2O3. The van der Waals surface area contributed by atoms with Gasteiger partial charge < -0.3 is 15.0 Å². The smallest absolute Gasteiger partial charge is 0.306 e. The van der Waals surface area contributed by atoms with Crippen LogP contribution in [0.4, 0.5) is 0 Å². The lowest BCUT2D eigenvalue weighted by Crippen LogP contribution is -2.33. The molecule has 0 spiro atoms. The highest BCUT2D eigenvalue weighted by atomic mass is 16.4. The molecule has 0 bridgehead atoms. The van der Waals surface area contributed by atoms with E-state index in [1.165, 1.54) is 0 Å². The van der Waals surface area contributed by atoms with Gasteiger partial charge in [-0.15, -0.1) is 0 Å². The van der Waals surface area contributed by atoms with E-state index >= 15 is 0 Å². The molecule has 0 aromatic carbocycles. The van der Waals surface area contributed by atoms with Gasteiger partial charge in [0.2, 0.25) is 0 Å². The number of nitrogens with zero attached hydrogens (tertiary/aromatic N) is 1. The largest absolute Gasteiger partial charge is 0.481 e. The van der Waals surface area contributed by atoms with Crippen LogP contribution in [0.15, 0.2) is 18.3 Å². The third-order valence-electron chi connectivity index (χ3n) is 3.90. The number of carbonyl (C=O) groups excluding carboxylic acids is 1. The zero-order valence-corrected chi connectivity index (χ0v) is 11.1. The maximum absolute atomic E-state index is 12.0. The van der Waals surface area contributed by atoms with Crippen molar-refractivity contribution in [2.75, 3.05) is 6.54 Å². The van der Waals surface area contributed by atoms with Gasteiger partial charge >= 0.3 is 5.97 Å². The number of hydrogen-bond acceptors (Lipinski definition) is 2. The number of aromatic nitrogens is 1. The zero-order valence-electron chi connectivity index (χ0n) is 11.1. The van der Waals surface area contributed by atoms with Crippen molar-refractivity contribution in [3.05, 3.63) is 24.0 Å². The molecule has 5 heteroatoms. The van der Waals surface area contributed by atoms with Crippen LogP contribution in [0.3, 0.4) is 0 Å². The molecule has 1 aromatic rings. The Bertz CT molecular complexity index is 467. The lowest BCUT2D eigenvalue weighted by atomic mass is 9.96. The molecule has 2 unspecified atom stereocenters.